The number of thioether (sulfide) groups is 1. The summed E-state index contributed by atoms with van der Waals surface area (Å²) in [5.41, 5.74) is 0. The molecule has 31 heavy (non-hydrogen) atoms. The van der Waals surface area contributed by atoms with Crippen molar-refractivity contribution in [3.8, 4) is 0 Å². The number of nitrogens with one attached hydrogen (secondary N) is 1. The molecule has 1 saturated carbocycles. The summed E-state index contributed by atoms with van der Waals surface area (Å²) in [6, 6.07) is 5.72. The number of aromatic nitrogens is 4. The molecule has 9 heteroatoms. The normalized spacial score (nSPS) is 17.1. The van der Waals surface area contributed by atoms with Crippen LogP contribution in [0.3, 0.4) is 0 Å². The lowest BCUT2D eigenvalue weighted by Gasteiger charge is -2.21. The highest BCUT2D eigenvalue weighted by Crippen LogP contribution is 2.23. The minimum Gasteiger partial charge on any atom is -0.355 e. The second-order valence-electron chi connectivity index (χ2n) is 8.15. The predicted molar refractivity (Wildman–Crippen MR) is 119 cm³/mol. The van der Waals surface area contributed by atoms with Crippen LogP contribution >= 0.6 is 11.8 Å². The van der Waals surface area contributed by atoms with Crippen LogP contribution in [-0.4, -0.2) is 61.8 Å². The van der Waals surface area contributed by atoms with E-state index in [-0.39, 0.29) is 17.7 Å². The number of hydrogen-bond acceptors (Lipinski definition) is 6. The summed E-state index contributed by atoms with van der Waals surface area (Å²) in [6.45, 7) is 2.57. The van der Waals surface area contributed by atoms with E-state index in [9.17, 15) is 9.59 Å². The molecule has 0 radical (unpaired) electrons. The average molecular weight is 443 g/mol. The quantitative estimate of drug-likeness (QED) is 0.660. The summed E-state index contributed by atoms with van der Waals surface area (Å²) >= 11 is 1.47. The average Bonchev–Trinajstić information content (AvgIpc) is 3.07. The molecule has 0 spiro atoms. The van der Waals surface area contributed by atoms with Crippen LogP contribution in [0.5, 0.6) is 0 Å². The number of nitrogens with zero attached hydrogens (tertiary/aromatic N) is 5. The number of fused-ring (bicyclic) bond motifs is 1. The van der Waals surface area contributed by atoms with E-state index in [1.54, 1.807) is 6.20 Å². The van der Waals surface area contributed by atoms with Crippen LogP contribution < -0.4 is 5.32 Å². The topological polar surface area (TPSA) is 93.0 Å². The van der Waals surface area contributed by atoms with Crippen molar-refractivity contribution in [3.63, 3.8) is 0 Å². The molecule has 3 heterocycles. The molecule has 1 aliphatic heterocycles. The molecule has 0 bridgehead atoms. The third-order valence-electron chi connectivity index (χ3n) is 6.06. The Labute approximate surface area is 187 Å². The molecule has 0 atom stereocenters. The van der Waals surface area contributed by atoms with Crippen molar-refractivity contribution in [2.24, 2.45) is 5.92 Å². The van der Waals surface area contributed by atoms with Gasteiger partial charge in [0.15, 0.2) is 0 Å². The SMILES string of the molecule is O=C(NCCc1nnc2n1CCN(C(=O)CSc1ccccn1)CC2)C1CCCCC1. The van der Waals surface area contributed by atoms with Gasteiger partial charge in [0.2, 0.25) is 11.8 Å². The van der Waals surface area contributed by atoms with Gasteiger partial charge in [0.1, 0.15) is 11.6 Å². The molecule has 4 rings (SSSR count). The van der Waals surface area contributed by atoms with E-state index in [4.69, 9.17) is 0 Å². The number of pyridine rings is 1. The van der Waals surface area contributed by atoms with Gasteiger partial charge in [-0.2, -0.15) is 0 Å². The fourth-order valence-corrected chi connectivity index (χ4v) is 5.05. The smallest absolute Gasteiger partial charge is 0.233 e. The Hall–Kier alpha value is -2.42. The number of hydrogen-bond donors (Lipinski definition) is 1. The molecular formula is C22H30N6O2S. The van der Waals surface area contributed by atoms with Gasteiger partial charge in [0, 0.05) is 51.1 Å². The van der Waals surface area contributed by atoms with Crippen molar-refractivity contribution in [1.82, 2.24) is 30.0 Å². The molecule has 0 aromatic carbocycles. The van der Waals surface area contributed by atoms with Crippen molar-refractivity contribution in [3.05, 3.63) is 36.0 Å². The molecule has 2 amide bonds. The highest BCUT2D eigenvalue weighted by Gasteiger charge is 2.23. The lowest BCUT2D eigenvalue weighted by Crippen LogP contribution is -2.35. The lowest BCUT2D eigenvalue weighted by atomic mass is 9.89. The molecule has 0 saturated heterocycles. The maximum atomic E-state index is 12.7. The maximum Gasteiger partial charge on any atom is 0.233 e. The number of carbonyl (C=O) groups excluding carboxylic acids is 2. The zero-order chi connectivity index (χ0) is 21.5. The van der Waals surface area contributed by atoms with Crippen LogP contribution in [0.1, 0.15) is 43.8 Å². The first-order valence-electron chi connectivity index (χ1n) is 11.2. The van der Waals surface area contributed by atoms with Gasteiger partial charge in [-0.25, -0.2) is 4.98 Å². The molecule has 2 aliphatic rings. The predicted octanol–water partition coefficient (Wildman–Crippen LogP) is 2.09. The Morgan fingerprint density at radius 2 is 1.97 bits per heavy atom. The van der Waals surface area contributed by atoms with Gasteiger partial charge >= 0.3 is 0 Å². The lowest BCUT2D eigenvalue weighted by molar-refractivity contribution is -0.128. The maximum absolute atomic E-state index is 12.7. The van der Waals surface area contributed by atoms with Crippen molar-refractivity contribution in [2.75, 3.05) is 25.4 Å². The first-order chi connectivity index (χ1) is 15.2. The Morgan fingerprint density at radius 1 is 1.10 bits per heavy atom. The largest absolute Gasteiger partial charge is 0.355 e. The van der Waals surface area contributed by atoms with Crippen LogP contribution in [0.4, 0.5) is 0 Å². The number of carbonyl (C=O) groups is 2. The second-order valence-corrected chi connectivity index (χ2v) is 9.14. The van der Waals surface area contributed by atoms with Crippen molar-refractivity contribution in [2.45, 2.75) is 56.5 Å². The first-order valence-corrected chi connectivity index (χ1v) is 12.2. The van der Waals surface area contributed by atoms with Gasteiger partial charge in [-0.05, 0) is 25.0 Å². The third kappa shape index (κ3) is 5.84. The zero-order valence-corrected chi connectivity index (χ0v) is 18.6. The van der Waals surface area contributed by atoms with Crippen LogP contribution in [0, 0.1) is 5.92 Å². The molecule has 1 fully saturated rings. The van der Waals surface area contributed by atoms with Crippen LogP contribution in [-0.2, 0) is 29.0 Å². The van der Waals surface area contributed by atoms with E-state index < -0.39 is 0 Å². The molecule has 2 aromatic heterocycles. The summed E-state index contributed by atoms with van der Waals surface area (Å²) in [4.78, 5) is 31.2. The third-order valence-corrected chi connectivity index (χ3v) is 6.99. The zero-order valence-electron chi connectivity index (χ0n) is 17.8. The van der Waals surface area contributed by atoms with Gasteiger partial charge in [-0.1, -0.05) is 37.1 Å². The van der Waals surface area contributed by atoms with Crippen molar-refractivity contribution < 1.29 is 9.59 Å². The molecule has 1 aliphatic carbocycles. The first kappa shape index (κ1) is 21.8. The van der Waals surface area contributed by atoms with Gasteiger partial charge in [0.25, 0.3) is 0 Å². The van der Waals surface area contributed by atoms with Gasteiger partial charge < -0.3 is 14.8 Å². The van der Waals surface area contributed by atoms with Gasteiger partial charge in [-0.15, -0.1) is 10.2 Å². The summed E-state index contributed by atoms with van der Waals surface area (Å²) in [5.74, 6) is 2.66. The molecule has 8 nitrogen and oxygen atoms in total. The Kier molecular flexibility index (Phi) is 7.56. The number of amides is 2. The highest BCUT2D eigenvalue weighted by atomic mass is 32.2. The summed E-state index contributed by atoms with van der Waals surface area (Å²) in [7, 11) is 0. The van der Waals surface area contributed by atoms with Crippen molar-refractivity contribution >= 4 is 23.6 Å². The Morgan fingerprint density at radius 3 is 2.77 bits per heavy atom. The fourth-order valence-electron chi connectivity index (χ4n) is 4.28. The van der Waals surface area contributed by atoms with Crippen LogP contribution in [0.2, 0.25) is 0 Å². The second kappa shape index (κ2) is 10.7. The van der Waals surface area contributed by atoms with Crippen LogP contribution in [0.25, 0.3) is 0 Å². The summed E-state index contributed by atoms with van der Waals surface area (Å²) in [5, 5.41) is 12.6. The molecule has 166 valence electrons. The van der Waals surface area contributed by atoms with Gasteiger partial charge in [-0.3, -0.25) is 9.59 Å². The van der Waals surface area contributed by atoms with Crippen LogP contribution in [0.15, 0.2) is 29.4 Å². The minimum atomic E-state index is 0.121. The Bertz CT molecular complexity index is 881. The number of rotatable bonds is 7. The van der Waals surface area contributed by atoms with E-state index in [0.29, 0.717) is 44.8 Å². The molecule has 1 N–H and O–H groups in total. The highest BCUT2D eigenvalue weighted by molar-refractivity contribution is 7.99. The molecule has 0 unspecified atom stereocenters. The van der Waals surface area contributed by atoms with E-state index >= 15 is 0 Å². The molecule has 2 aromatic rings. The standard InChI is InChI=1S/C22H30N6O2S/c29-21(16-31-20-8-4-5-11-23-20)27-13-10-19-26-25-18(28(19)15-14-27)9-12-24-22(30)17-6-2-1-3-7-17/h4-5,8,11,17H,1-3,6-7,9-10,12-16H2,(H,24,30). The van der Waals surface area contributed by atoms with E-state index in [1.807, 2.05) is 23.1 Å². The summed E-state index contributed by atoms with van der Waals surface area (Å²) in [6.07, 6.45) is 8.68. The van der Waals surface area contributed by atoms with Gasteiger partial charge in [0.05, 0.1) is 10.8 Å². The molecular weight excluding hydrogens is 412 g/mol. The fraction of sp³-hybridized carbons (Fsp3) is 0.591. The van der Waals surface area contributed by atoms with E-state index in [1.165, 1.54) is 18.2 Å². The monoisotopic (exact) mass is 442 g/mol. The van der Waals surface area contributed by atoms with E-state index in [0.717, 1.165) is 42.4 Å². The van der Waals surface area contributed by atoms with Crippen molar-refractivity contribution in [1.29, 1.82) is 0 Å². The summed E-state index contributed by atoms with van der Waals surface area (Å²) < 4.78 is 2.12. The van der Waals surface area contributed by atoms with E-state index in [2.05, 4.69) is 25.1 Å². The Balaban J connectivity index is 1.25. The minimum absolute atomic E-state index is 0.121.